The lowest BCUT2D eigenvalue weighted by molar-refractivity contribution is -0.322. The van der Waals surface area contributed by atoms with Gasteiger partial charge in [-0.05, 0) is 12.1 Å². The molecule has 0 aliphatic carbocycles. The van der Waals surface area contributed by atoms with Gasteiger partial charge in [0.1, 0.15) is 16.5 Å². The maximum atomic E-state index is 13.3. The van der Waals surface area contributed by atoms with Crippen LogP contribution in [0.25, 0.3) is 0 Å². The van der Waals surface area contributed by atoms with Gasteiger partial charge in [0.25, 0.3) is 0 Å². The first kappa shape index (κ1) is 15.6. The number of rotatable bonds is 4. The molecule has 0 aliphatic heterocycles. The van der Waals surface area contributed by atoms with Crippen LogP contribution in [-0.4, -0.2) is 27.1 Å². The normalized spacial score (nSPS) is 12.7. The molecular formula is C9H8F5NO3S. The lowest BCUT2D eigenvalue weighted by Crippen LogP contribution is -2.21. The van der Waals surface area contributed by atoms with Crippen LogP contribution in [0.15, 0.2) is 17.0 Å². The van der Waals surface area contributed by atoms with Gasteiger partial charge in [-0.1, -0.05) is 0 Å². The number of ether oxygens (including phenoxy) is 1. The van der Waals surface area contributed by atoms with E-state index in [1.165, 1.54) is 0 Å². The Kier molecular flexibility index (Phi) is 4.35. The van der Waals surface area contributed by atoms with Crippen LogP contribution in [0.3, 0.4) is 0 Å². The maximum absolute atomic E-state index is 13.3. The molecule has 0 saturated heterocycles. The number of hydrogen-bond acceptors (Lipinski definition) is 4. The molecule has 1 rings (SSSR count). The first-order valence-electron chi connectivity index (χ1n) is 4.71. The summed E-state index contributed by atoms with van der Waals surface area (Å²) in [6, 6.07) is 1.11. The molecule has 0 bridgehead atoms. The molecule has 0 radical (unpaired) electrons. The number of nitrogens with two attached hydrogens (primary N) is 1. The monoisotopic (exact) mass is 305 g/mol. The van der Waals surface area contributed by atoms with Crippen molar-refractivity contribution in [3.63, 3.8) is 0 Å². The van der Waals surface area contributed by atoms with Gasteiger partial charge in [0.05, 0.1) is 12.4 Å². The maximum Gasteiger partial charge on any atom is 0.522 e. The number of halogens is 5. The molecule has 10 heteroatoms. The van der Waals surface area contributed by atoms with Crippen LogP contribution in [-0.2, 0) is 14.6 Å². The van der Waals surface area contributed by atoms with Gasteiger partial charge in [0, 0.05) is 5.69 Å². The fourth-order valence-electron chi connectivity index (χ4n) is 1.25. The van der Waals surface area contributed by atoms with Crippen LogP contribution >= 0.6 is 0 Å². The first-order chi connectivity index (χ1) is 8.53. The second kappa shape index (κ2) is 5.29. The predicted octanol–water partition coefficient (Wildman–Crippen LogP) is 1.86. The van der Waals surface area contributed by atoms with Crippen LogP contribution in [0, 0.1) is 11.6 Å². The summed E-state index contributed by atoms with van der Waals surface area (Å²) in [5.74, 6) is -4.15. The van der Waals surface area contributed by atoms with Crippen molar-refractivity contribution >= 4 is 15.5 Å². The Bertz CT molecular complexity index is 547. The van der Waals surface area contributed by atoms with Crippen LogP contribution in [0.2, 0.25) is 0 Å². The van der Waals surface area contributed by atoms with Gasteiger partial charge in [-0.25, -0.2) is 17.2 Å². The highest BCUT2D eigenvalue weighted by molar-refractivity contribution is 7.91. The zero-order chi connectivity index (χ0) is 14.8. The summed E-state index contributed by atoms with van der Waals surface area (Å²) in [6.07, 6.45) is -5.02. The minimum Gasteiger partial charge on any atom is -0.399 e. The minimum absolute atomic E-state index is 0.347. The van der Waals surface area contributed by atoms with Gasteiger partial charge in [-0.3, -0.25) is 4.74 Å². The van der Waals surface area contributed by atoms with Gasteiger partial charge < -0.3 is 5.73 Å². The zero-order valence-corrected chi connectivity index (χ0v) is 9.99. The molecule has 0 spiro atoms. The summed E-state index contributed by atoms with van der Waals surface area (Å²) in [6.45, 7) is -1.27. The standard InChI is InChI=1S/C9H8F5NO3S/c10-6-3-5(15)4-7(11)8(6)19(16,17)2-1-18-9(12,13)14/h3-4H,1-2,15H2. The molecular weight excluding hydrogens is 297 g/mol. The number of alkyl halides is 3. The minimum atomic E-state index is -5.02. The van der Waals surface area contributed by atoms with E-state index >= 15 is 0 Å². The van der Waals surface area contributed by atoms with Crippen LogP contribution < -0.4 is 5.73 Å². The quantitative estimate of drug-likeness (QED) is 0.681. The molecule has 0 unspecified atom stereocenters. The van der Waals surface area contributed by atoms with E-state index in [1.807, 2.05) is 0 Å². The van der Waals surface area contributed by atoms with Crippen molar-refractivity contribution < 1.29 is 35.1 Å². The fraction of sp³-hybridized carbons (Fsp3) is 0.333. The SMILES string of the molecule is Nc1cc(F)c(S(=O)(=O)CCOC(F)(F)F)c(F)c1. The lowest BCUT2D eigenvalue weighted by Gasteiger charge is -2.09. The summed E-state index contributed by atoms with van der Waals surface area (Å²) >= 11 is 0. The predicted molar refractivity (Wildman–Crippen MR) is 54.8 cm³/mol. The van der Waals surface area contributed by atoms with Gasteiger partial charge in [0.15, 0.2) is 9.84 Å². The number of sulfone groups is 1. The highest BCUT2D eigenvalue weighted by atomic mass is 32.2. The molecule has 19 heavy (non-hydrogen) atoms. The van der Waals surface area contributed by atoms with Crippen LogP contribution in [0.1, 0.15) is 0 Å². The third-order valence-electron chi connectivity index (χ3n) is 1.95. The van der Waals surface area contributed by atoms with Crippen LogP contribution in [0.4, 0.5) is 27.6 Å². The Balaban J connectivity index is 2.96. The molecule has 1 aromatic rings. The Morgan fingerprint density at radius 1 is 1.16 bits per heavy atom. The first-order valence-corrected chi connectivity index (χ1v) is 6.36. The second-order valence-electron chi connectivity index (χ2n) is 3.43. The topological polar surface area (TPSA) is 69.4 Å². The Labute approximate surface area is 104 Å². The molecule has 0 atom stereocenters. The Morgan fingerprint density at radius 2 is 1.63 bits per heavy atom. The average molecular weight is 305 g/mol. The van der Waals surface area contributed by atoms with Crippen molar-refractivity contribution in [2.45, 2.75) is 11.3 Å². The molecule has 108 valence electrons. The van der Waals surface area contributed by atoms with Gasteiger partial charge in [0.2, 0.25) is 0 Å². The van der Waals surface area contributed by atoms with E-state index in [-0.39, 0.29) is 5.69 Å². The third-order valence-corrected chi connectivity index (χ3v) is 3.67. The lowest BCUT2D eigenvalue weighted by atomic mass is 10.3. The zero-order valence-electron chi connectivity index (χ0n) is 9.17. The third kappa shape index (κ3) is 4.31. The fourth-order valence-corrected chi connectivity index (χ4v) is 2.46. The second-order valence-corrected chi connectivity index (χ2v) is 5.47. The molecule has 0 aliphatic rings. The van der Waals surface area contributed by atoms with Crippen molar-refractivity contribution in [1.82, 2.24) is 0 Å². The van der Waals surface area contributed by atoms with Gasteiger partial charge >= 0.3 is 6.36 Å². The van der Waals surface area contributed by atoms with E-state index in [0.717, 1.165) is 0 Å². The molecule has 0 fully saturated rings. The van der Waals surface area contributed by atoms with Crippen molar-refractivity contribution in [2.24, 2.45) is 0 Å². The number of nitrogen functional groups attached to an aromatic ring is 1. The summed E-state index contributed by atoms with van der Waals surface area (Å²) in [5.41, 5.74) is 4.73. The number of hydrogen-bond donors (Lipinski definition) is 1. The smallest absolute Gasteiger partial charge is 0.399 e. The molecule has 2 N–H and O–H groups in total. The van der Waals surface area contributed by atoms with Crippen LogP contribution in [0.5, 0.6) is 0 Å². The Hall–Kier alpha value is -1.42. The highest BCUT2D eigenvalue weighted by Gasteiger charge is 2.31. The summed E-state index contributed by atoms with van der Waals surface area (Å²) < 4.78 is 87.8. The highest BCUT2D eigenvalue weighted by Crippen LogP contribution is 2.23. The molecule has 0 aromatic heterocycles. The van der Waals surface area contributed by atoms with Crippen molar-refractivity contribution in [3.8, 4) is 0 Å². The molecule has 1 aromatic carbocycles. The van der Waals surface area contributed by atoms with E-state index in [0.29, 0.717) is 12.1 Å². The van der Waals surface area contributed by atoms with E-state index in [2.05, 4.69) is 4.74 Å². The molecule has 0 heterocycles. The average Bonchev–Trinajstić information content (AvgIpc) is 2.11. The number of anilines is 1. The molecule has 0 amide bonds. The van der Waals surface area contributed by atoms with Crippen molar-refractivity contribution in [3.05, 3.63) is 23.8 Å². The summed E-state index contributed by atoms with van der Waals surface area (Å²) in [5, 5.41) is 0. The van der Waals surface area contributed by atoms with E-state index < -0.39 is 45.1 Å². The molecule has 0 saturated carbocycles. The molecule has 4 nitrogen and oxygen atoms in total. The van der Waals surface area contributed by atoms with E-state index in [9.17, 15) is 30.4 Å². The van der Waals surface area contributed by atoms with Crippen molar-refractivity contribution in [2.75, 3.05) is 18.1 Å². The van der Waals surface area contributed by atoms with Gasteiger partial charge in [-0.15, -0.1) is 13.2 Å². The number of benzene rings is 1. The van der Waals surface area contributed by atoms with Gasteiger partial charge in [-0.2, -0.15) is 0 Å². The van der Waals surface area contributed by atoms with E-state index in [1.54, 1.807) is 0 Å². The van der Waals surface area contributed by atoms with Crippen molar-refractivity contribution in [1.29, 1.82) is 0 Å². The largest absolute Gasteiger partial charge is 0.522 e. The van der Waals surface area contributed by atoms with E-state index in [4.69, 9.17) is 5.73 Å². The summed E-state index contributed by atoms with van der Waals surface area (Å²) in [7, 11) is -4.59. The Morgan fingerprint density at radius 3 is 2.05 bits per heavy atom. The summed E-state index contributed by atoms with van der Waals surface area (Å²) in [4.78, 5) is -1.33.